The summed E-state index contributed by atoms with van der Waals surface area (Å²) in [5.74, 6) is 0.679. The van der Waals surface area contributed by atoms with Gasteiger partial charge in [-0.15, -0.1) is 0 Å². The first-order valence-corrected chi connectivity index (χ1v) is 13.3. The summed E-state index contributed by atoms with van der Waals surface area (Å²) < 4.78 is 21.3. The average molecular weight is 533 g/mol. The van der Waals surface area contributed by atoms with Gasteiger partial charge in [-0.25, -0.2) is 19.3 Å². The number of aromatic nitrogens is 3. The molecule has 0 spiro atoms. The molecule has 0 bridgehead atoms. The van der Waals surface area contributed by atoms with E-state index < -0.39 is 5.82 Å². The highest BCUT2D eigenvalue weighted by molar-refractivity contribution is 6.01. The van der Waals surface area contributed by atoms with Crippen LogP contribution in [0.25, 0.3) is 33.2 Å². The summed E-state index contributed by atoms with van der Waals surface area (Å²) in [6, 6.07) is 19.9. The molecule has 1 saturated carbocycles. The summed E-state index contributed by atoms with van der Waals surface area (Å²) in [5, 5.41) is 3.54. The number of nitrogens with one attached hydrogen (secondary N) is 1. The molecular weight excluding hydrogens is 503 g/mol. The standard InChI is InChI=1S/C31H23FN4O2.C2H6/c1-2-29(37)36-24-5-3-4-21(13-24)27-14-22(12-23-17-33-18-35-31(23)27)26-9-8-25(16-28(26)32)38-30-15-20(10-11-34-30)19-6-7-19;1-2/h2-5,8-19H,1,6-7H2,(H,36,37);1-2H3. The monoisotopic (exact) mass is 532 g/mol. The number of pyridine rings is 1. The maximum atomic E-state index is 15.4. The lowest BCUT2D eigenvalue weighted by Crippen LogP contribution is -2.07. The summed E-state index contributed by atoms with van der Waals surface area (Å²) in [5.41, 5.74) is 5.23. The van der Waals surface area contributed by atoms with Crippen molar-refractivity contribution < 1.29 is 13.9 Å². The molecule has 0 aliphatic heterocycles. The molecule has 5 aromatic rings. The van der Waals surface area contributed by atoms with Crippen LogP contribution in [0.4, 0.5) is 10.1 Å². The van der Waals surface area contributed by atoms with E-state index in [1.807, 2.05) is 56.3 Å². The van der Waals surface area contributed by atoms with Crippen LogP contribution in [0, 0.1) is 5.82 Å². The maximum absolute atomic E-state index is 15.4. The topological polar surface area (TPSA) is 77.0 Å². The first-order chi connectivity index (χ1) is 19.6. The molecular formula is C33H29FN4O2. The van der Waals surface area contributed by atoms with E-state index in [2.05, 4.69) is 26.8 Å². The van der Waals surface area contributed by atoms with E-state index in [9.17, 15) is 4.79 Å². The van der Waals surface area contributed by atoms with Crippen LogP contribution < -0.4 is 10.1 Å². The number of hydrogen-bond acceptors (Lipinski definition) is 5. The summed E-state index contributed by atoms with van der Waals surface area (Å²) in [6.07, 6.45) is 8.48. The first kappa shape index (κ1) is 26.7. The Morgan fingerprint density at radius 1 is 1.00 bits per heavy atom. The minimum atomic E-state index is -0.421. The molecule has 0 atom stereocenters. The second kappa shape index (κ2) is 11.9. The molecule has 1 N–H and O–H groups in total. The molecule has 2 heterocycles. The minimum Gasteiger partial charge on any atom is -0.439 e. The van der Waals surface area contributed by atoms with Gasteiger partial charge in [-0.05, 0) is 84.0 Å². The van der Waals surface area contributed by atoms with Crippen molar-refractivity contribution in [3.63, 3.8) is 0 Å². The number of anilines is 1. The largest absolute Gasteiger partial charge is 0.439 e. The van der Waals surface area contributed by atoms with Gasteiger partial charge < -0.3 is 10.1 Å². The van der Waals surface area contributed by atoms with Crippen LogP contribution in [0.15, 0.2) is 98.1 Å². The highest BCUT2D eigenvalue weighted by Crippen LogP contribution is 2.41. The molecule has 6 rings (SSSR count). The lowest BCUT2D eigenvalue weighted by atomic mass is 9.95. The summed E-state index contributed by atoms with van der Waals surface area (Å²) >= 11 is 0. The lowest BCUT2D eigenvalue weighted by Gasteiger charge is -2.13. The predicted molar refractivity (Wildman–Crippen MR) is 157 cm³/mol. The van der Waals surface area contributed by atoms with E-state index >= 15 is 4.39 Å². The Kier molecular flexibility index (Phi) is 7.92. The van der Waals surface area contributed by atoms with Crippen molar-refractivity contribution in [2.45, 2.75) is 32.6 Å². The fourth-order valence-electron chi connectivity index (χ4n) is 4.50. The quantitative estimate of drug-likeness (QED) is 0.213. The number of fused-ring (bicyclic) bond motifs is 1. The number of rotatable bonds is 7. The predicted octanol–water partition coefficient (Wildman–Crippen LogP) is 8.32. The zero-order valence-corrected chi connectivity index (χ0v) is 22.4. The molecule has 1 fully saturated rings. The molecule has 1 amide bonds. The van der Waals surface area contributed by atoms with E-state index in [4.69, 9.17) is 4.74 Å². The van der Waals surface area contributed by atoms with Crippen LogP contribution in [0.3, 0.4) is 0 Å². The van der Waals surface area contributed by atoms with Crippen molar-refractivity contribution in [3.05, 3.63) is 109 Å². The Labute approximate surface area is 232 Å². The fraction of sp³-hybridized carbons (Fsp3) is 0.152. The molecule has 200 valence electrons. The number of carbonyl (C=O) groups excluding carboxylic acids is 1. The molecule has 0 saturated heterocycles. The third kappa shape index (κ3) is 5.89. The molecule has 0 unspecified atom stereocenters. The molecule has 1 aliphatic carbocycles. The van der Waals surface area contributed by atoms with Gasteiger partial charge in [0.1, 0.15) is 17.9 Å². The van der Waals surface area contributed by atoms with Gasteiger partial charge in [0.25, 0.3) is 0 Å². The van der Waals surface area contributed by atoms with E-state index in [0.717, 1.165) is 22.0 Å². The van der Waals surface area contributed by atoms with Crippen molar-refractivity contribution >= 4 is 22.5 Å². The van der Waals surface area contributed by atoms with Gasteiger partial charge in [-0.2, -0.15) is 0 Å². The maximum Gasteiger partial charge on any atom is 0.247 e. The molecule has 40 heavy (non-hydrogen) atoms. The average Bonchev–Trinajstić information content (AvgIpc) is 3.84. The zero-order chi connectivity index (χ0) is 28.1. The van der Waals surface area contributed by atoms with Crippen molar-refractivity contribution in [2.75, 3.05) is 5.32 Å². The molecule has 6 nitrogen and oxygen atoms in total. The number of benzene rings is 3. The van der Waals surface area contributed by atoms with Gasteiger partial charge in [0.2, 0.25) is 11.8 Å². The van der Waals surface area contributed by atoms with Crippen LogP contribution in [0.5, 0.6) is 11.6 Å². The Morgan fingerprint density at radius 3 is 2.62 bits per heavy atom. The highest BCUT2D eigenvalue weighted by atomic mass is 19.1. The summed E-state index contributed by atoms with van der Waals surface area (Å²) in [4.78, 5) is 24.7. The number of ether oxygens (including phenoxy) is 1. The summed E-state index contributed by atoms with van der Waals surface area (Å²) in [7, 11) is 0. The van der Waals surface area contributed by atoms with Crippen molar-refractivity contribution in [1.82, 2.24) is 15.0 Å². The van der Waals surface area contributed by atoms with E-state index in [1.165, 1.54) is 36.9 Å². The van der Waals surface area contributed by atoms with Gasteiger partial charge in [0.15, 0.2) is 0 Å². The van der Waals surface area contributed by atoms with Gasteiger partial charge in [-0.3, -0.25) is 4.79 Å². The van der Waals surface area contributed by atoms with Crippen LogP contribution in [0.2, 0.25) is 0 Å². The lowest BCUT2D eigenvalue weighted by molar-refractivity contribution is -0.111. The Balaban J connectivity index is 0.00000158. The Hall–Kier alpha value is -4.91. The minimum absolute atomic E-state index is 0.304. The second-order valence-electron chi connectivity index (χ2n) is 9.20. The zero-order valence-electron chi connectivity index (χ0n) is 22.4. The molecule has 3 aromatic carbocycles. The molecule has 7 heteroatoms. The number of nitrogens with zero attached hydrogens (tertiary/aromatic N) is 3. The summed E-state index contributed by atoms with van der Waals surface area (Å²) in [6.45, 7) is 7.50. The van der Waals surface area contributed by atoms with E-state index in [-0.39, 0.29) is 5.91 Å². The van der Waals surface area contributed by atoms with Crippen molar-refractivity contribution in [1.29, 1.82) is 0 Å². The van der Waals surface area contributed by atoms with Crippen LogP contribution >= 0.6 is 0 Å². The van der Waals surface area contributed by atoms with Crippen LogP contribution in [-0.2, 0) is 4.79 Å². The number of amides is 1. The van der Waals surface area contributed by atoms with Crippen LogP contribution in [0.1, 0.15) is 38.2 Å². The third-order valence-corrected chi connectivity index (χ3v) is 6.51. The molecule has 1 aliphatic rings. The van der Waals surface area contributed by atoms with E-state index in [1.54, 1.807) is 30.6 Å². The van der Waals surface area contributed by atoms with Gasteiger partial charge in [0.05, 0.1) is 5.52 Å². The van der Waals surface area contributed by atoms with Crippen LogP contribution in [-0.4, -0.2) is 20.9 Å². The van der Waals surface area contributed by atoms with Gasteiger partial charge in [0, 0.05) is 46.7 Å². The fourth-order valence-corrected chi connectivity index (χ4v) is 4.50. The third-order valence-electron chi connectivity index (χ3n) is 6.51. The number of carbonyl (C=O) groups is 1. The smallest absolute Gasteiger partial charge is 0.247 e. The van der Waals surface area contributed by atoms with Crippen molar-refractivity contribution in [3.8, 4) is 33.9 Å². The Bertz CT molecular complexity index is 1700. The Morgan fingerprint density at radius 2 is 1.85 bits per heavy atom. The molecule has 2 aromatic heterocycles. The SMILES string of the molecule is C=CC(=O)Nc1cccc(-c2cc(-c3ccc(Oc4cc(C5CC5)ccn4)cc3F)cc3cncnc23)c1.CC. The number of halogens is 1. The molecule has 0 radical (unpaired) electrons. The van der Waals surface area contributed by atoms with Crippen molar-refractivity contribution in [2.24, 2.45) is 0 Å². The highest BCUT2D eigenvalue weighted by Gasteiger charge is 2.24. The number of hydrogen-bond donors (Lipinski definition) is 1. The van der Waals surface area contributed by atoms with Gasteiger partial charge in [-0.1, -0.05) is 32.6 Å². The normalized spacial score (nSPS) is 12.3. The first-order valence-electron chi connectivity index (χ1n) is 13.3. The second-order valence-corrected chi connectivity index (χ2v) is 9.20. The van der Waals surface area contributed by atoms with Gasteiger partial charge >= 0.3 is 0 Å². The van der Waals surface area contributed by atoms with E-state index in [0.29, 0.717) is 34.4 Å².